The highest BCUT2D eigenvalue weighted by molar-refractivity contribution is 8.00. The maximum Gasteiger partial charge on any atom is 0.233 e. The highest BCUT2D eigenvalue weighted by Gasteiger charge is 2.19. The molecule has 3 rings (SSSR count). The minimum atomic E-state index is -0.126. The Balaban J connectivity index is 1.55. The van der Waals surface area contributed by atoms with Crippen molar-refractivity contribution in [1.29, 1.82) is 0 Å². The number of benzene rings is 2. The van der Waals surface area contributed by atoms with Crippen molar-refractivity contribution in [3.63, 3.8) is 0 Å². The average molecular weight is 397 g/mol. The van der Waals surface area contributed by atoms with Crippen LogP contribution in [0.2, 0.25) is 0 Å². The first-order valence-electron chi connectivity index (χ1n) is 10.3. The third-order valence-electron chi connectivity index (χ3n) is 5.48. The Hall–Kier alpha value is -1.94. The maximum absolute atomic E-state index is 12.6. The number of carbonyl (C=O) groups excluding carboxylic acids is 1. The monoisotopic (exact) mass is 396 g/mol. The Labute approximate surface area is 173 Å². The quantitative estimate of drug-likeness (QED) is 0.646. The first-order valence-corrected chi connectivity index (χ1v) is 11.2. The summed E-state index contributed by atoms with van der Waals surface area (Å²) in [6.45, 7) is 10.7. The Bertz CT molecular complexity index is 772. The summed E-state index contributed by atoms with van der Waals surface area (Å²) in [5.41, 5.74) is 3.67. The molecule has 1 N–H and O–H groups in total. The highest BCUT2D eigenvalue weighted by atomic mass is 32.2. The van der Waals surface area contributed by atoms with Gasteiger partial charge in [0.05, 0.1) is 11.3 Å². The van der Waals surface area contributed by atoms with Gasteiger partial charge in [-0.1, -0.05) is 36.8 Å². The second-order valence-corrected chi connectivity index (χ2v) is 9.50. The first kappa shape index (κ1) is 20.8. The number of nitrogens with one attached hydrogen (secondary N) is 1. The van der Waals surface area contributed by atoms with Crippen molar-refractivity contribution in [2.75, 3.05) is 18.0 Å². The van der Waals surface area contributed by atoms with Gasteiger partial charge in [-0.15, -0.1) is 11.8 Å². The first-order chi connectivity index (χ1) is 13.4. The molecule has 0 bridgehead atoms. The van der Waals surface area contributed by atoms with Gasteiger partial charge in [-0.3, -0.25) is 4.79 Å². The molecule has 3 atom stereocenters. The van der Waals surface area contributed by atoms with Crippen LogP contribution >= 0.6 is 11.8 Å². The van der Waals surface area contributed by atoms with E-state index in [9.17, 15) is 4.79 Å². The summed E-state index contributed by atoms with van der Waals surface area (Å²) in [5, 5.41) is 3.03. The predicted molar refractivity (Wildman–Crippen MR) is 120 cm³/mol. The lowest BCUT2D eigenvalue weighted by molar-refractivity contribution is -0.120. The lowest BCUT2D eigenvalue weighted by Crippen LogP contribution is -2.34. The van der Waals surface area contributed by atoms with Gasteiger partial charge in [0.1, 0.15) is 0 Å². The van der Waals surface area contributed by atoms with E-state index >= 15 is 0 Å². The Morgan fingerprint density at radius 1 is 1.11 bits per heavy atom. The van der Waals surface area contributed by atoms with E-state index in [1.807, 2.05) is 6.92 Å². The molecule has 2 aromatic carbocycles. The van der Waals surface area contributed by atoms with Gasteiger partial charge in [0.15, 0.2) is 0 Å². The molecular formula is C24H32N2OS. The van der Waals surface area contributed by atoms with Gasteiger partial charge >= 0.3 is 0 Å². The lowest BCUT2D eigenvalue weighted by Gasteiger charge is -2.33. The van der Waals surface area contributed by atoms with E-state index < -0.39 is 0 Å². The molecule has 0 spiro atoms. The minimum Gasteiger partial charge on any atom is -0.371 e. The van der Waals surface area contributed by atoms with E-state index in [-0.39, 0.29) is 17.2 Å². The fourth-order valence-electron chi connectivity index (χ4n) is 3.69. The Morgan fingerprint density at radius 2 is 1.79 bits per heavy atom. The summed E-state index contributed by atoms with van der Waals surface area (Å²) in [7, 11) is 0. The summed E-state index contributed by atoms with van der Waals surface area (Å²) in [5.74, 6) is 0.839. The van der Waals surface area contributed by atoms with Crippen LogP contribution in [0.4, 0.5) is 5.69 Å². The van der Waals surface area contributed by atoms with E-state index in [4.69, 9.17) is 0 Å². The molecule has 1 aliphatic rings. The van der Waals surface area contributed by atoms with Crippen molar-refractivity contribution in [2.45, 2.75) is 56.7 Å². The highest BCUT2D eigenvalue weighted by Crippen LogP contribution is 2.26. The van der Waals surface area contributed by atoms with Crippen LogP contribution in [0.15, 0.2) is 53.4 Å². The fourth-order valence-corrected chi connectivity index (χ4v) is 4.56. The van der Waals surface area contributed by atoms with E-state index in [1.165, 1.54) is 24.1 Å². The van der Waals surface area contributed by atoms with Crippen molar-refractivity contribution < 1.29 is 4.79 Å². The van der Waals surface area contributed by atoms with Crippen molar-refractivity contribution in [2.24, 2.45) is 5.92 Å². The van der Waals surface area contributed by atoms with Crippen molar-refractivity contribution >= 4 is 23.4 Å². The standard InChI is InChI=1S/C24H32N2OS/c1-17-7-13-23(14-8-17)28-20(4)24(27)25-19(3)21-9-11-22(12-10-21)26-15-5-6-18(2)16-26/h7-14,18-20H,5-6,15-16H2,1-4H3,(H,25,27). The van der Waals surface area contributed by atoms with E-state index in [1.54, 1.807) is 11.8 Å². The predicted octanol–water partition coefficient (Wildman–Crippen LogP) is 5.59. The second kappa shape index (κ2) is 9.51. The molecule has 1 amide bonds. The minimum absolute atomic E-state index is 0.00268. The average Bonchev–Trinajstić information content (AvgIpc) is 2.69. The van der Waals surface area contributed by atoms with Crippen LogP contribution in [0.3, 0.4) is 0 Å². The van der Waals surface area contributed by atoms with Crippen molar-refractivity contribution in [1.82, 2.24) is 5.32 Å². The van der Waals surface area contributed by atoms with E-state index in [0.29, 0.717) is 0 Å². The molecule has 2 aromatic rings. The number of piperidine rings is 1. The third-order valence-corrected chi connectivity index (χ3v) is 6.59. The summed E-state index contributed by atoms with van der Waals surface area (Å²) in [4.78, 5) is 16.2. The maximum atomic E-state index is 12.6. The topological polar surface area (TPSA) is 32.3 Å². The number of carbonyl (C=O) groups is 1. The van der Waals surface area contributed by atoms with Gasteiger partial charge in [-0.05, 0) is 69.4 Å². The summed E-state index contributed by atoms with van der Waals surface area (Å²) in [6, 6.07) is 17.0. The van der Waals surface area contributed by atoms with E-state index in [0.717, 1.165) is 29.5 Å². The van der Waals surface area contributed by atoms with Gasteiger partial charge in [0.25, 0.3) is 0 Å². The van der Waals surface area contributed by atoms with Gasteiger partial charge < -0.3 is 10.2 Å². The Morgan fingerprint density at radius 3 is 2.43 bits per heavy atom. The second-order valence-electron chi connectivity index (χ2n) is 8.09. The van der Waals surface area contributed by atoms with Crippen LogP contribution in [0.25, 0.3) is 0 Å². The molecule has 0 radical (unpaired) electrons. The Kier molecular flexibility index (Phi) is 7.06. The van der Waals surface area contributed by atoms with Gasteiger partial charge in [0.2, 0.25) is 5.91 Å². The molecular weight excluding hydrogens is 364 g/mol. The third kappa shape index (κ3) is 5.54. The summed E-state index contributed by atoms with van der Waals surface area (Å²) >= 11 is 1.60. The number of hydrogen-bond acceptors (Lipinski definition) is 3. The summed E-state index contributed by atoms with van der Waals surface area (Å²) in [6.07, 6.45) is 2.60. The van der Waals surface area contributed by atoms with Gasteiger partial charge in [0, 0.05) is 23.7 Å². The van der Waals surface area contributed by atoms with Crippen molar-refractivity contribution in [3.8, 4) is 0 Å². The molecule has 0 aromatic heterocycles. The summed E-state index contributed by atoms with van der Waals surface area (Å²) < 4.78 is 0. The largest absolute Gasteiger partial charge is 0.371 e. The van der Waals surface area contributed by atoms with Crippen LogP contribution in [-0.2, 0) is 4.79 Å². The molecule has 0 aliphatic carbocycles. The van der Waals surface area contributed by atoms with Crippen LogP contribution in [0.5, 0.6) is 0 Å². The molecule has 1 aliphatic heterocycles. The molecule has 28 heavy (non-hydrogen) atoms. The molecule has 150 valence electrons. The molecule has 3 nitrogen and oxygen atoms in total. The zero-order valence-electron chi connectivity index (χ0n) is 17.4. The number of anilines is 1. The van der Waals surface area contributed by atoms with Crippen molar-refractivity contribution in [3.05, 3.63) is 59.7 Å². The zero-order chi connectivity index (χ0) is 20.1. The number of nitrogens with zero attached hydrogens (tertiary/aromatic N) is 1. The molecule has 1 saturated heterocycles. The van der Waals surface area contributed by atoms with E-state index in [2.05, 4.69) is 79.5 Å². The van der Waals surface area contributed by atoms with Crippen LogP contribution in [0.1, 0.15) is 50.8 Å². The smallest absolute Gasteiger partial charge is 0.233 e. The SMILES string of the molecule is Cc1ccc(SC(C)C(=O)NC(C)c2ccc(N3CCCC(C)C3)cc2)cc1. The number of amides is 1. The van der Waals surface area contributed by atoms with Crippen LogP contribution < -0.4 is 10.2 Å². The number of rotatable bonds is 6. The molecule has 3 unspecified atom stereocenters. The molecule has 1 heterocycles. The zero-order valence-corrected chi connectivity index (χ0v) is 18.3. The van der Waals surface area contributed by atoms with Crippen LogP contribution in [0, 0.1) is 12.8 Å². The normalized spacial score (nSPS) is 19.1. The number of thioether (sulfide) groups is 1. The number of aryl methyl sites for hydroxylation is 1. The fraction of sp³-hybridized carbons (Fsp3) is 0.458. The van der Waals surface area contributed by atoms with Gasteiger partial charge in [-0.25, -0.2) is 0 Å². The molecule has 4 heteroatoms. The number of hydrogen-bond donors (Lipinski definition) is 1. The molecule has 0 saturated carbocycles. The van der Waals surface area contributed by atoms with Gasteiger partial charge in [-0.2, -0.15) is 0 Å². The molecule has 1 fully saturated rings. The van der Waals surface area contributed by atoms with Crippen LogP contribution in [-0.4, -0.2) is 24.2 Å². The lowest BCUT2D eigenvalue weighted by atomic mass is 9.99.